The predicted molar refractivity (Wildman–Crippen MR) is 97.0 cm³/mol. The Hall–Kier alpha value is -2.05. The minimum atomic E-state index is -0.607. The second-order valence-electron chi connectivity index (χ2n) is 7.35. The van der Waals surface area contributed by atoms with Gasteiger partial charge < -0.3 is 9.84 Å². The molecule has 0 aliphatic carbocycles. The summed E-state index contributed by atoms with van der Waals surface area (Å²) in [6, 6.07) is 8.34. The molecule has 1 fully saturated rings. The number of benzene rings is 2. The minimum Gasteiger partial charge on any atom is -0.494 e. The maximum absolute atomic E-state index is 14.1. The molecular formula is C21H24F3NO2. The lowest BCUT2D eigenvalue weighted by atomic mass is 9.75. The molecule has 0 saturated carbocycles. The first kappa shape index (κ1) is 19.7. The summed E-state index contributed by atoms with van der Waals surface area (Å²) in [6.07, 6.45) is 1.98. The van der Waals surface area contributed by atoms with Crippen molar-refractivity contribution in [2.75, 3.05) is 26.8 Å². The number of aliphatic hydroxyl groups excluding tert-OH is 1. The van der Waals surface area contributed by atoms with E-state index in [9.17, 15) is 18.3 Å². The number of piperidine rings is 1. The van der Waals surface area contributed by atoms with Crippen LogP contribution < -0.4 is 4.74 Å². The maximum atomic E-state index is 14.1. The van der Waals surface area contributed by atoms with E-state index in [1.807, 2.05) is 0 Å². The van der Waals surface area contributed by atoms with Crippen molar-refractivity contribution in [2.24, 2.45) is 5.41 Å². The van der Waals surface area contributed by atoms with Gasteiger partial charge in [0.15, 0.2) is 11.6 Å². The van der Waals surface area contributed by atoms with Gasteiger partial charge in [0.2, 0.25) is 0 Å². The highest BCUT2D eigenvalue weighted by Gasteiger charge is 2.36. The zero-order valence-corrected chi connectivity index (χ0v) is 15.4. The number of rotatable bonds is 6. The summed E-state index contributed by atoms with van der Waals surface area (Å²) in [6.45, 7) is 1.94. The molecule has 0 radical (unpaired) electrons. The molecule has 27 heavy (non-hydrogen) atoms. The summed E-state index contributed by atoms with van der Waals surface area (Å²) < 4.78 is 45.9. The fourth-order valence-electron chi connectivity index (χ4n) is 3.90. The summed E-state index contributed by atoms with van der Waals surface area (Å²) in [5, 5.41) is 10.1. The van der Waals surface area contributed by atoms with Crippen molar-refractivity contribution in [3.05, 3.63) is 65.0 Å². The molecule has 0 bridgehead atoms. The molecule has 1 unspecified atom stereocenters. The molecule has 1 N–H and O–H groups in total. The molecule has 146 valence electrons. The number of hydrogen-bond donors (Lipinski definition) is 1. The van der Waals surface area contributed by atoms with E-state index in [1.54, 1.807) is 12.1 Å². The quantitative estimate of drug-likeness (QED) is 0.826. The van der Waals surface area contributed by atoms with Crippen molar-refractivity contribution >= 4 is 0 Å². The first-order valence-corrected chi connectivity index (χ1v) is 9.04. The Morgan fingerprint density at radius 3 is 2.63 bits per heavy atom. The van der Waals surface area contributed by atoms with Gasteiger partial charge in [-0.05, 0) is 55.1 Å². The number of methoxy groups -OCH3 is 1. The van der Waals surface area contributed by atoms with Gasteiger partial charge in [-0.25, -0.2) is 13.2 Å². The average Bonchev–Trinajstić information content (AvgIpc) is 2.66. The zero-order valence-electron chi connectivity index (χ0n) is 15.4. The Bertz CT molecular complexity index is 799. The van der Waals surface area contributed by atoms with Crippen LogP contribution in [0.15, 0.2) is 36.4 Å². The van der Waals surface area contributed by atoms with Gasteiger partial charge in [-0.15, -0.1) is 0 Å². The van der Waals surface area contributed by atoms with Gasteiger partial charge >= 0.3 is 0 Å². The number of likely N-dealkylation sites (tertiary alicyclic amines) is 1. The fourth-order valence-corrected chi connectivity index (χ4v) is 3.90. The minimum absolute atomic E-state index is 0.0763. The van der Waals surface area contributed by atoms with E-state index in [-0.39, 0.29) is 12.4 Å². The summed E-state index contributed by atoms with van der Waals surface area (Å²) >= 11 is 0. The fraction of sp³-hybridized carbons (Fsp3) is 0.429. The van der Waals surface area contributed by atoms with Crippen molar-refractivity contribution in [3.8, 4) is 5.75 Å². The van der Waals surface area contributed by atoms with E-state index in [4.69, 9.17) is 4.74 Å². The number of halogens is 3. The highest BCUT2D eigenvalue weighted by molar-refractivity contribution is 5.30. The van der Waals surface area contributed by atoms with Crippen LogP contribution in [0.3, 0.4) is 0 Å². The van der Waals surface area contributed by atoms with Crippen molar-refractivity contribution in [1.82, 2.24) is 4.90 Å². The van der Waals surface area contributed by atoms with Crippen LogP contribution in [0.1, 0.15) is 24.0 Å². The Morgan fingerprint density at radius 2 is 1.93 bits per heavy atom. The predicted octanol–water partition coefficient (Wildman–Crippen LogP) is 3.93. The Kier molecular flexibility index (Phi) is 6.07. The summed E-state index contributed by atoms with van der Waals surface area (Å²) in [4.78, 5) is 2.17. The van der Waals surface area contributed by atoms with E-state index in [0.717, 1.165) is 31.0 Å². The molecule has 3 rings (SSSR count). The van der Waals surface area contributed by atoms with E-state index >= 15 is 0 Å². The molecule has 1 atom stereocenters. The molecule has 3 nitrogen and oxygen atoms in total. The maximum Gasteiger partial charge on any atom is 0.165 e. The highest BCUT2D eigenvalue weighted by atomic mass is 19.1. The average molecular weight is 379 g/mol. The molecule has 1 saturated heterocycles. The van der Waals surface area contributed by atoms with Crippen molar-refractivity contribution in [2.45, 2.75) is 25.8 Å². The van der Waals surface area contributed by atoms with Crippen molar-refractivity contribution in [3.63, 3.8) is 0 Å². The van der Waals surface area contributed by atoms with Gasteiger partial charge in [-0.2, -0.15) is 0 Å². The molecule has 1 heterocycles. The highest BCUT2D eigenvalue weighted by Crippen LogP contribution is 2.35. The standard InChI is InChI=1S/C21H24F3NO2/c1-27-20-9-15(3-6-18(20)23)12-25-8-2-7-21(13-25,14-26)11-16-4-5-17(22)10-19(16)24/h3-6,9-10,26H,2,7-8,11-14H2,1H3. The van der Waals surface area contributed by atoms with E-state index in [0.29, 0.717) is 25.1 Å². The van der Waals surface area contributed by atoms with Crippen LogP contribution >= 0.6 is 0 Å². The normalized spacial score (nSPS) is 20.6. The Balaban J connectivity index is 1.74. The monoisotopic (exact) mass is 379 g/mol. The van der Waals surface area contributed by atoms with Gasteiger partial charge in [0.1, 0.15) is 11.6 Å². The summed E-state index contributed by atoms with van der Waals surface area (Å²) in [5.41, 5.74) is 0.840. The van der Waals surface area contributed by atoms with Gasteiger partial charge in [-0.3, -0.25) is 4.90 Å². The van der Waals surface area contributed by atoms with Gasteiger partial charge in [0.05, 0.1) is 13.7 Å². The third-order valence-corrected chi connectivity index (χ3v) is 5.28. The van der Waals surface area contributed by atoms with Crippen molar-refractivity contribution in [1.29, 1.82) is 0 Å². The largest absolute Gasteiger partial charge is 0.494 e. The lowest BCUT2D eigenvalue weighted by molar-refractivity contribution is 0.0282. The third kappa shape index (κ3) is 4.62. The van der Waals surface area contributed by atoms with Crippen LogP contribution in [-0.4, -0.2) is 36.8 Å². The van der Waals surface area contributed by atoms with Crippen molar-refractivity contribution < 1.29 is 23.0 Å². The molecule has 2 aromatic rings. The molecule has 0 amide bonds. The molecular weight excluding hydrogens is 355 g/mol. The Morgan fingerprint density at radius 1 is 1.11 bits per heavy atom. The first-order chi connectivity index (χ1) is 12.9. The van der Waals surface area contributed by atoms with Gasteiger partial charge in [-0.1, -0.05) is 12.1 Å². The second kappa shape index (κ2) is 8.31. The zero-order chi connectivity index (χ0) is 19.4. The lowest BCUT2D eigenvalue weighted by Gasteiger charge is -2.42. The first-order valence-electron chi connectivity index (χ1n) is 9.04. The van der Waals surface area contributed by atoms with Crippen LogP contribution in [0.2, 0.25) is 0 Å². The topological polar surface area (TPSA) is 32.7 Å². The molecule has 0 aromatic heterocycles. The van der Waals surface area contributed by atoms with E-state index in [1.165, 1.54) is 25.3 Å². The smallest absolute Gasteiger partial charge is 0.165 e. The number of ether oxygens (including phenoxy) is 1. The molecule has 2 aromatic carbocycles. The Labute approximate surface area is 157 Å². The van der Waals surface area contributed by atoms with E-state index in [2.05, 4.69) is 4.90 Å². The number of hydrogen-bond acceptors (Lipinski definition) is 3. The van der Waals surface area contributed by atoms with Gasteiger partial charge in [0.25, 0.3) is 0 Å². The third-order valence-electron chi connectivity index (χ3n) is 5.28. The number of nitrogens with zero attached hydrogens (tertiary/aromatic N) is 1. The molecule has 0 spiro atoms. The summed E-state index contributed by atoms with van der Waals surface area (Å²) in [5.74, 6) is -1.39. The number of aliphatic hydroxyl groups is 1. The van der Waals surface area contributed by atoms with Crippen LogP contribution in [0.5, 0.6) is 5.75 Å². The van der Waals surface area contributed by atoms with Crippen LogP contribution in [0, 0.1) is 22.9 Å². The lowest BCUT2D eigenvalue weighted by Crippen LogP contribution is -2.46. The molecule has 1 aliphatic rings. The summed E-state index contributed by atoms with van der Waals surface area (Å²) in [7, 11) is 1.43. The SMILES string of the molecule is COc1cc(CN2CCCC(CO)(Cc3ccc(F)cc3F)C2)ccc1F. The van der Waals surface area contributed by atoms with Gasteiger partial charge in [0, 0.05) is 24.6 Å². The second-order valence-corrected chi connectivity index (χ2v) is 7.35. The van der Waals surface area contributed by atoms with Crippen LogP contribution in [0.25, 0.3) is 0 Å². The van der Waals surface area contributed by atoms with E-state index < -0.39 is 22.9 Å². The van der Waals surface area contributed by atoms with Crippen LogP contribution in [0.4, 0.5) is 13.2 Å². The molecule has 1 aliphatic heterocycles. The molecule has 6 heteroatoms. The van der Waals surface area contributed by atoms with Crippen LogP contribution in [-0.2, 0) is 13.0 Å².